The van der Waals surface area contributed by atoms with E-state index in [-0.39, 0.29) is 6.10 Å². The second-order valence-corrected chi connectivity index (χ2v) is 7.43. The van der Waals surface area contributed by atoms with Crippen LogP contribution in [0.4, 0.5) is 0 Å². The standard InChI is InChI=1S/C19H23ClN2O2/c1-13-9-22-11-15(23)8-14(22)10-21(13)12-16-6-7-19(24-16)17-4-2-3-5-18(17)20/h2-7,13-15,23H,8-12H2,1H3/t13-,14+,15-/m1/s1. The van der Waals surface area contributed by atoms with E-state index in [4.69, 9.17) is 16.0 Å². The fourth-order valence-corrected chi connectivity index (χ4v) is 4.19. The van der Waals surface area contributed by atoms with Crippen LogP contribution in [0.5, 0.6) is 0 Å². The molecule has 5 heteroatoms. The normalized spacial score (nSPS) is 28.2. The number of rotatable bonds is 3. The predicted octanol–water partition coefficient (Wildman–Crippen LogP) is 3.24. The van der Waals surface area contributed by atoms with Crippen molar-refractivity contribution in [1.29, 1.82) is 0 Å². The lowest BCUT2D eigenvalue weighted by atomic mass is 10.1. The van der Waals surface area contributed by atoms with Crippen LogP contribution in [0.25, 0.3) is 11.3 Å². The number of fused-ring (bicyclic) bond motifs is 1. The molecule has 4 rings (SSSR count). The number of hydrogen-bond donors (Lipinski definition) is 1. The predicted molar refractivity (Wildman–Crippen MR) is 95.0 cm³/mol. The highest BCUT2D eigenvalue weighted by Gasteiger charge is 2.38. The smallest absolute Gasteiger partial charge is 0.135 e. The summed E-state index contributed by atoms with van der Waals surface area (Å²) in [6, 6.07) is 12.7. The molecule has 1 aromatic carbocycles. The van der Waals surface area contributed by atoms with E-state index in [0.717, 1.165) is 49.7 Å². The monoisotopic (exact) mass is 346 g/mol. The summed E-state index contributed by atoms with van der Waals surface area (Å²) in [6.45, 7) is 5.87. The first-order valence-electron chi connectivity index (χ1n) is 8.60. The van der Waals surface area contributed by atoms with Crippen molar-refractivity contribution >= 4 is 11.6 Å². The van der Waals surface area contributed by atoms with Gasteiger partial charge < -0.3 is 9.52 Å². The van der Waals surface area contributed by atoms with Crippen molar-refractivity contribution in [3.63, 3.8) is 0 Å². The third-order valence-corrected chi connectivity index (χ3v) is 5.56. The Labute approximate surface area is 147 Å². The third kappa shape index (κ3) is 3.11. The van der Waals surface area contributed by atoms with E-state index >= 15 is 0 Å². The van der Waals surface area contributed by atoms with Crippen LogP contribution in [0.3, 0.4) is 0 Å². The third-order valence-electron chi connectivity index (χ3n) is 5.23. The van der Waals surface area contributed by atoms with Gasteiger partial charge in [0, 0.05) is 37.3 Å². The second kappa shape index (κ2) is 6.52. The molecule has 3 heterocycles. The van der Waals surface area contributed by atoms with Gasteiger partial charge >= 0.3 is 0 Å². The van der Waals surface area contributed by atoms with E-state index in [1.54, 1.807) is 0 Å². The van der Waals surface area contributed by atoms with E-state index in [1.807, 2.05) is 36.4 Å². The Morgan fingerprint density at radius 3 is 2.83 bits per heavy atom. The minimum atomic E-state index is -0.169. The molecular weight excluding hydrogens is 324 g/mol. The highest BCUT2D eigenvalue weighted by Crippen LogP contribution is 2.31. The van der Waals surface area contributed by atoms with Crippen molar-refractivity contribution in [3.05, 3.63) is 47.2 Å². The number of aliphatic hydroxyl groups excluding tert-OH is 1. The van der Waals surface area contributed by atoms with Gasteiger partial charge in [0.05, 0.1) is 17.7 Å². The molecule has 1 N–H and O–H groups in total. The van der Waals surface area contributed by atoms with Crippen molar-refractivity contribution in [1.82, 2.24) is 9.80 Å². The zero-order valence-electron chi connectivity index (χ0n) is 13.9. The molecule has 2 aromatic rings. The van der Waals surface area contributed by atoms with E-state index in [2.05, 4.69) is 16.7 Å². The molecule has 24 heavy (non-hydrogen) atoms. The van der Waals surface area contributed by atoms with Crippen LogP contribution in [0, 0.1) is 0 Å². The van der Waals surface area contributed by atoms with Crippen molar-refractivity contribution in [3.8, 4) is 11.3 Å². The van der Waals surface area contributed by atoms with Gasteiger partial charge in [0.1, 0.15) is 11.5 Å². The van der Waals surface area contributed by atoms with Gasteiger partial charge in [0.2, 0.25) is 0 Å². The molecule has 4 nitrogen and oxygen atoms in total. The summed E-state index contributed by atoms with van der Waals surface area (Å²) in [5.74, 6) is 1.78. The van der Waals surface area contributed by atoms with Crippen LogP contribution >= 0.6 is 11.6 Å². The van der Waals surface area contributed by atoms with Gasteiger partial charge in [-0.05, 0) is 37.6 Å². The average Bonchev–Trinajstić information content (AvgIpc) is 3.14. The maximum atomic E-state index is 9.89. The summed E-state index contributed by atoms with van der Waals surface area (Å²) in [7, 11) is 0. The SMILES string of the molecule is C[C@@H]1CN2C[C@H](O)C[C@H]2CN1Cc1ccc(-c2ccccc2Cl)o1. The number of halogens is 1. The van der Waals surface area contributed by atoms with Crippen LogP contribution in [0.2, 0.25) is 5.02 Å². The molecule has 0 spiro atoms. The molecule has 0 bridgehead atoms. The summed E-state index contributed by atoms with van der Waals surface area (Å²) in [6.07, 6.45) is 0.712. The van der Waals surface area contributed by atoms with Crippen molar-refractivity contribution in [2.24, 2.45) is 0 Å². The Morgan fingerprint density at radius 1 is 1.17 bits per heavy atom. The largest absolute Gasteiger partial charge is 0.460 e. The van der Waals surface area contributed by atoms with Crippen LogP contribution in [-0.2, 0) is 6.54 Å². The Balaban J connectivity index is 1.47. The van der Waals surface area contributed by atoms with Crippen molar-refractivity contribution in [2.75, 3.05) is 19.6 Å². The van der Waals surface area contributed by atoms with Crippen molar-refractivity contribution in [2.45, 2.75) is 38.1 Å². The first-order valence-corrected chi connectivity index (χ1v) is 8.97. The van der Waals surface area contributed by atoms with Crippen LogP contribution in [0.15, 0.2) is 40.8 Å². The summed E-state index contributed by atoms with van der Waals surface area (Å²) in [4.78, 5) is 4.87. The molecule has 0 saturated carbocycles. The quantitative estimate of drug-likeness (QED) is 0.926. The van der Waals surface area contributed by atoms with Crippen LogP contribution < -0.4 is 0 Å². The molecule has 0 unspecified atom stereocenters. The Kier molecular flexibility index (Phi) is 4.39. The lowest BCUT2D eigenvalue weighted by molar-refractivity contribution is 0.0485. The molecule has 2 aliphatic heterocycles. The second-order valence-electron chi connectivity index (χ2n) is 7.02. The molecule has 2 saturated heterocycles. The molecular formula is C19H23ClN2O2. The Hall–Kier alpha value is -1.33. The number of benzene rings is 1. The van der Waals surface area contributed by atoms with Gasteiger partial charge in [-0.15, -0.1) is 0 Å². The highest BCUT2D eigenvalue weighted by molar-refractivity contribution is 6.33. The highest BCUT2D eigenvalue weighted by atomic mass is 35.5. The summed E-state index contributed by atoms with van der Waals surface area (Å²) in [5, 5.41) is 10.6. The van der Waals surface area contributed by atoms with Gasteiger partial charge in [0.25, 0.3) is 0 Å². The topological polar surface area (TPSA) is 39.9 Å². The summed E-state index contributed by atoms with van der Waals surface area (Å²) in [5.41, 5.74) is 0.933. The molecule has 1 aromatic heterocycles. The van der Waals surface area contributed by atoms with Gasteiger partial charge in [-0.1, -0.05) is 23.7 Å². The number of nitrogens with zero attached hydrogens (tertiary/aromatic N) is 2. The molecule has 2 fully saturated rings. The number of furan rings is 1. The molecule has 2 aliphatic rings. The van der Waals surface area contributed by atoms with Crippen LogP contribution in [-0.4, -0.2) is 52.7 Å². The van der Waals surface area contributed by atoms with Crippen molar-refractivity contribution < 1.29 is 9.52 Å². The first-order chi connectivity index (χ1) is 11.6. The average molecular weight is 347 g/mol. The molecule has 3 atom stereocenters. The zero-order chi connectivity index (χ0) is 16.7. The number of hydrogen-bond acceptors (Lipinski definition) is 4. The maximum Gasteiger partial charge on any atom is 0.135 e. The van der Waals surface area contributed by atoms with Gasteiger partial charge in [-0.25, -0.2) is 0 Å². The first kappa shape index (κ1) is 16.2. The zero-order valence-corrected chi connectivity index (χ0v) is 14.6. The lowest BCUT2D eigenvalue weighted by Gasteiger charge is -2.41. The number of piperazine rings is 1. The lowest BCUT2D eigenvalue weighted by Crippen LogP contribution is -2.54. The van der Waals surface area contributed by atoms with Gasteiger partial charge in [-0.3, -0.25) is 9.80 Å². The van der Waals surface area contributed by atoms with E-state index in [1.165, 1.54) is 0 Å². The Bertz CT molecular complexity index is 717. The molecule has 0 amide bonds. The van der Waals surface area contributed by atoms with E-state index in [9.17, 15) is 5.11 Å². The molecule has 0 aliphatic carbocycles. The minimum Gasteiger partial charge on any atom is -0.460 e. The summed E-state index contributed by atoms with van der Waals surface area (Å²) >= 11 is 6.26. The number of aliphatic hydroxyl groups is 1. The fraction of sp³-hybridized carbons (Fsp3) is 0.474. The Morgan fingerprint density at radius 2 is 2.00 bits per heavy atom. The fourth-order valence-electron chi connectivity index (χ4n) is 3.97. The molecule has 0 radical (unpaired) electrons. The summed E-state index contributed by atoms with van der Waals surface area (Å²) < 4.78 is 6.04. The minimum absolute atomic E-state index is 0.169. The van der Waals surface area contributed by atoms with Gasteiger partial charge in [-0.2, -0.15) is 0 Å². The van der Waals surface area contributed by atoms with E-state index in [0.29, 0.717) is 17.1 Å². The van der Waals surface area contributed by atoms with Crippen LogP contribution in [0.1, 0.15) is 19.1 Å². The maximum absolute atomic E-state index is 9.89. The molecule has 128 valence electrons. The van der Waals surface area contributed by atoms with E-state index < -0.39 is 0 Å². The van der Waals surface area contributed by atoms with Gasteiger partial charge in [0.15, 0.2) is 0 Å².